The Morgan fingerprint density at radius 2 is 1.97 bits per heavy atom. The predicted octanol–water partition coefficient (Wildman–Crippen LogP) is 0.319. The summed E-state index contributed by atoms with van der Waals surface area (Å²) in [6.45, 7) is 5.76. The first kappa shape index (κ1) is 25.9. The topological polar surface area (TPSA) is 184 Å². The summed E-state index contributed by atoms with van der Waals surface area (Å²) < 4.78 is 26.7. The summed E-state index contributed by atoms with van der Waals surface area (Å²) in [5.74, 6) is 0.267. The summed E-state index contributed by atoms with van der Waals surface area (Å²) in [5, 5.41) is 16.1. The average molecular weight is 493 g/mol. The third-order valence-corrected chi connectivity index (χ3v) is 7.60. The van der Waals surface area contributed by atoms with Crippen molar-refractivity contribution in [1.82, 2.24) is 29.7 Å². The number of hydrogen-bond donors (Lipinski definition) is 4. The summed E-state index contributed by atoms with van der Waals surface area (Å²) in [6, 6.07) is -1.57. The molecule has 1 fully saturated rings. The Bertz CT molecular complexity index is 1150. The maximum Gasteiger partial charge on any atom is 0.238 e. The van der Waals surface area contributed by atoms with Gasteiger partial charge in [0, 0.05) is 6.42 Å². The van der Waals surface area contributed by atoms with Crippen molar-refractivity contribution in [2.75, 3.05) is 12.1 Å². The highest BCUT2D eigenvalue weighted by Gasteiger charge is 2.49. The Hall–Kier alpha value is -2.72. The molecule has 1 saturated heterocycles. The van der Waals surface area contributed by atoms with E-state index in [0.717, 1.165) is 0 Å². The van der Waals surface area contributed by atoms with Gasteiger partial charge in [-0.1, -0.05) is 0 Å². The molecule has 34 heavy (non-hydrogen) atoms. The van der Waals surface area contributed by atoms with Crippen LogP contribution in [0.1, 0.15) is 40.3 Å². The van der Waals surface area contributed by atoms with Crippen molar-refractivity contribution >= 4 is 36.0 Å². The van der Waals surface area contributed by atoms with E-state index in [9.17, 15) is 19.3 Å². The first-order valence-electron chi connectivity index (χ1n) is 10.5. The molecule has 0 aliphatic carbocycles. The molecule has 14 heteroatoms. The van der Waals surface area contributed by atoms with Gasteiger partial charge in [0.25, 0.3) is 0 Å². The van der Waals surface area contributed by atoms with Gasteiger partial charge in [0.1, 0.15) is 35.9 Å². The molecule has 0 aromatic carbocycles. The number of ether oxygens (including phenoxy) is 2. The molecule has 0 spiro atoms. The fourth-order valence-corrected chi connectivity index (χ4v) is 5.57. The molecule has 0 unspecified atom stereocenters. The van der Waals surface area contributed by atoms with Crippen molar-refractivity contribution in [3.63, 3.8) is 0 Å². The zero-order valence-corrected chi connectivity index (χ0v) is 20.2. The number of aliphatic hydroxyl groups excluding tert-OH is 1. The molecule has 0 radical (unpaired) electrons. The molecule has 13 nitrogen and oxygen atoms in total. The molecule has 2 aromatic rings. The van der Waals surface area contributed by atoms with Gasteiger partial charge in [-0.15, -0.1) is 6.42 Å². The molecule has 2 aromatic heterocycles. The molecular formula is C20H28N7O6P. The van der Waals surface area contributed by atoms with E-state index in [0.29, 0.717) is 11.2 Å². The van der Waals surface area contributed by atoms with Crippen LogP contribution >= 0.6 is 7.44 Å². The van der Waals surface area contributed by atoms with Crippen LogP contribution in [0.3, 0.4) is 0 Å². The molecule has 3 heterocycles. The van der Waals surface area contributed by atoms with E-state index in [4.69, 9.17) is 21.6 Å². The van der Waals surface area contributed by atoms with Crippen molar-refractivity contribution in [1.29, 1.82) is 0 Å². The monoisotopic (exact) mass is 493 g/mol. The first-order valence-corrected chi connectivity index (χ1v) is 12.4. The van der Waals surface area contributed by atoms with Crippen molar-refractivity contribution in [2.45, 2.75) is 64.3 Å². The number of ketones is 2. The lowest BCUT2D eigenvalue weighted by Gasteiger charge is -2.30. The minimum absolute atomic E-state index is 0.154. The fourth-order valence-electron chi connectivity index (χ4n) is 3.34. The number of Topliss-reactive ketones (excluding diaryl/α,β-unsaturated/α-hetero) is 2. The number of aromatic nitrogens is 4. The van der Waals surface area contributed by atoms with Crippen LogP contribution in [0.2, 0.25) is 0 Å². The smallest absolute Gasteiger partial charge is 0.238 e. The summed E-state index contributed by atoms with van der Waals surface area (Å²) in [7, 11) is -3.67. The Morgan fingerprint density at radius 3 is 2.53 bits per heavy atom. The highest BCUT2D eigenvalue weighted by Crippen LogP contribution is 2.44. The normalized spacial score (nSPS) is 24.6. The lowest BCUT2D eigenvalue weighted by molar-refractivity contribution is -0.193. The van der Waals surface area contributed by atoms with Crippen LogP contribution in [0.15, 0.2) is 12.7 Å². The summed E-state index contributed by atoms with van der Waals surface area (Å²) in [6.07, 6.45) is 5.50. The molecular weight excluding hydrogens is 465 g/mol. The van der Waals surface area contributed by atoms with E-state index in [1.165, 1.54) is 44.9 Å². The van der Waals surface area contributed by atoms with Gasteiger partial charge < -0.3 is 20.3 Å². The van der Waals surface area contributed by atoms with Gasteiger partial charge in [-0.3, -0.25) is 18.7 Å². The molecule has 0 saturated carbocycles. The second-order valence-corrected chi connectivity index (χ2v) is 10.5. The molecule has 1 aliphatic heterocycles. The van der Waals surface area contributed by atoms with E-state index in [1.54, 1.807) is 0 Å². The molecule has 5 N–H and O–H groups in total. The van der Waals surface area contributed by atoms with E-state index in [1.807, 2.05) is 0 Å². The van der Waals surface area contributed by atoms with Gasteiger partial charge in [0.2, 0.25) is 13.2 Å². The molecule has 184 valence electrons. The maximum atomic E-state index is 13.6. The number of nitrogens with two attached hydrogens (primary N) is 1. The predicted molar refractivity (Wildman–Crippen MR) is 122 cm³/mol. The van der Waals surface area contributed by atoms with Crippen LogP contribution in [0.25, 0.3) is 11.2 Å². The number of rotatable bonds is 10. The van der Waals surface area contributed by atoms with Gasteiger partial charge >= 0.3 is 0 Å². The van der Waals surface area contributed by atoms with Gasteiger partial charge in [-0.2, -0.15) is 0 Å². The second kappa shape index (κ2) is 9.87. The van der Waals surface area contributed by atoms with Crippen molar-refractivity contribution in [3.05, 3.63) is 12.7 Å². The van der Waals surface area contributed by atoms with Crippen molar-refractivity contribution in [2.24, 2.45) is 0 Å². The number of hydrogen-bond acceptors (Lipinski definition) is 10. The number of anilines is 1. The molecule has 0 bridgehead atoms. The lowest BCUT2D eigenvalue weighted by Crippen LogP contribution is -2.42. The summed E-state index contributed by atoms with van der Waals surface area (Å²) in [4.78, 5) is 35.6. The average Bonchev–Trinajstić information content (AvgIpc) is 3.34. The Balaban J connectivity index is 1.83. The van der Waals surface area contributed by atoms with Crippen LogP contribution in [0, 0.1) is 12.3 Å². The number of nitrogens with zero attached hydrogens (tertiary/aromatic N) is 4. The third kappa shape index (κ3) is 5.33. The first-order chi connectivity index (χ1) is 15.9. The van der Waals surface area contributed by atoms with Crippen LogP contribution in [0.4, 0.5) is 5.82 Å². The standard InChI is InChI=1S/C20H28N7O6P/c1-6-20(32-10-34(31,25-11(2)13(4)28)26-12(3)14(5)29)7-15(30)19(33-20)27-9-24-16-17(21)22-8-23-18(16)27/h1,8-9,11-12,15,19,30H,7,10H2,2-5H3,(H2,21,22,23)(H2,25,26,31)/t11-,12-,15+,19+,20-/m0/s1. The van der Waals surface area contributed by atoms with E-state index < -0.39 is 44.0 Å². The SMILES string of the molecule is C#C[C@@]1(OCP(=O)(N[C@@H](C)C(C)=O)N[C@@H](C)C(C)=O)C[C@@H](O)[C@H](n2cnc3c(N)ncnc32)O1. The Morgan fingerprint density at radius 1 is 1.35 bits per heavy atom. The van der Waals surface area contributed by atoms with Crippen LogP contribution < -0.4 is 15.9 Å². The van der Waals surface area contributed by atoms with Gasteiger partial charge in [-0.25, -0.2) is 25.1 Å². The van der Waals surface area contributed by atoms with Crippen LogP contribution in [-0.4, -0.2) is 66.5 Å². The van der Waals surface area contributed by atoms with Gasteiger partial charge in [-0.05, 0) is 33.6 Å². The lowest BCUT2D eigenvalue weighted by atomic mass is 10.1. The number of carbonyl (C=O) groups is 2. The van der Waals surface area contributed by atoms with Crippen LogP contribution in [0.5, 0.6) is 0 Å². The largest absolute Gasteiger partial charge is 0.388 e. The summed E-state index contributed by atoms with van der Waals surface area (Å²) in [5.41, 5.74) is 6.47. The zero-order chi connectivity index (χ0) is 25.3. The molecule has 0 amide bonds. The minimum Gasteiger partial charge on any atom is -0.388 e. The third-order valence-electron chi connectivity index (χ3n) is 5.50. The van der Waals surface area contributed by atoms with Gasteiger partial charge in [0.05, 0.1) is 18.4 Å². The van der Waals surface area contributed by atoms with Crippen molar-refractivity contribution < 1.29 is 28.7 Å². The molecule has 5 atom stereocenters. The highest BCUT2D eigenvalue weighted by molar-refractivity contribution is 7.59. The Labute approximate surface area is 196 Å². The minimum atomic E-state index is -3.67. The number of terminal acetylenes is 1. The number of fused-ring (bicyclic) bond motifs is 1. The quantitative estimate of drug-likeness (QED) is 0.263. The van der Waals surface area contributed by atoms with Crippen molar-refractivity contribution in [3.8, 4) is 12.3 Å². The second-order valence-electron chi connectivity index (χ2n) is 8.20. The number of aliphatic hydroxyl groups is 1. The molecule has 3 rings (SSSR count). The Kier molecular flexibility index (Phi) is 7.52. The van der Waals surface area contributed by atoms with Crippen LogP contribution in [-0.2, 0) is 23.6 Å². The van der Waals surface area contributed by atoms with E-state index in [-0.39, 0.29) is 23.8 Å². The fraction of sp³-hybridized carbons (Fsp3) is 0.550. The highest BCUT2D eigenvalue weighted by atomic mass is 31.2. The number of nitrogens with one attached hydrogen (secondary N) is 2. The number of carbonyl (C=O) groups excluding carboxylic acids is 2. The zero-order valence-electron chi connectivity index (χ0n) is 19.3. The maximum absolute atomic E-state index is 13.6. The molecule has 1 aliphatic rings. The van der Waals surface area contributed by atoms with E-state index in [2.05, 4.69) is 31.0 Å². The van der Waals surface area contributed by atoms with E-state index >= 15 is 0 Å². The van der Waals surface area contributed by atoms with Gasteiger partial charge in [0.15, 0.2) is 17.7 Å². The number of nitrogen functional groups attached to an aromatic ring is 1. The summed E-state index contributed by atoms with van der Waals surface area (Å²) >= 11 is 0. The number of imidazole rings is 1.